The maximum Gasteiger partial charge on any atom is 0.253 e. The quantitative estimate of drug-likeness (QED) is 0.862. The zero-order valence-corrected chi connectivity index (χ0v) is 11.8. The van der Waals surface area contributed by atoms with E-state index in [9.17, 15) is 4.79 Å². The smallest absolute Gasteiger partial charge is 0.253 e. The number of aliphatic hydroxyl groups excluding tert-OH is 1. The van der Waals surface area contributed by atoms with E-state index < -0.39 is 0 Å². The number of carbonyl (C=O) groups excluding carboxylic acids is 1. The fourth-order valence-corrected chi connectivity index (χ4v) is 2.76. The van der Waals surface area contributed by atoms with Crippen LogP contribution in [-0.2, 0) is 5.88 Å². The highest BCUT2D eigenvalue weighted by Gasteiger charge is 2.23. The number of nitrogens with zero attached hydrogens (tertiary/aromatic N) is 1. The molecule has 0 aromatic heterocycles. The first-order chi connectivity index (χ1) is 9.24. The predicted octanol–water partition coefficient (Wildman–Crippen LogP) is 2.66. The number of aliphatic hydroxyl groups is 1. The van der Waals surface area contributed by atoms with Gasteiger partial charge in [0.25, 0.3) is 5.91 Å². The van der Waals surface area contributed by atoms with E-state index >= 15 is 0 Å². The number of benzene rings is 1. The summed E-state index contributed by atoms with van der Waals surface area (Å²) in [5.41, 5.74) is 1.74. The number of halogens is 1. The third-order valence-electron chi connectivity index (χ3n) is 3.70. The van der Waals surface area contributed by atoms with Crippen LogP contribution in [0.15, 0.2) is 24.3 Å². The van der Waals surface area contributed by atoms with E-state index in [0.717, 1.165) is 43.5 Å². The lowest BCUT2D eigenvalue weighted by molar-refractivity contribution is 0.0653. The molecular weight excluding hydrogens is 262 g/mol. The summed E-state index contributed by atoms with van der Waals surface area (Å²) >= 11 is 5.74. The summed E-state index contributed by atoms with van der Waals surface area (Å²) < 4.78 is 0. The van der Waals surface area contributed by atoms with Crippen molar-refractivity contribution >= 4 is 17.5 Å². The summed E-state index contributed by atoms with van der Waals surface area (Å²) in [6.45, 7) is 1.78. The maximum atomic E-state index is 12.4. The summed E-state index contributed by atoms with van der Waals surface area (Å²) in [7, 11) is 0. The molecule has 1 aliphatic rings. The van der Waals surface area contributed by atoms with Gasteiger partial charge >= 0.3 is 0 Å². The molecule has 0 radical (unpaired) electrons. The van der Waals surface area contributed by atoms with Crippen molar-refractivity contribution < 1.29 is 9.90 Å². The van der Waals surface area contributed by atoms with Crippen molar-refractivity contribution in [3.63, 3.8) is 0 Å². The highest BCUT2D eigenvalue weighted by molar-refractivity contribution is 6.17. The molecule has 1 atom stereocenters. The van der Waals surface area contributed by atoms with Gasteiger partial charge in [0.15, 0.2) is 0 Å². The number of hydrogen-bond donors (Lipinski definition) is 1. The predicted molar refractivity (Wildman–Crippen MR) is 76.3 cm³/mol. The van der Waals surface area contributed by atoms with E-state index in [1.165, 1.54) is 0 Å². The molecule has 3 nitrogen and oxygen atoms in total. The summed E-state index contributed by atoms with van der Waals surface area (Å²) in [6.07, 6.45) is 2.92. The number of alkyl halides is 1. The Morgan fingerprint density at radius 1 is 1.37 bits per heavy atom. The van der Waals surface area contributed by atoms with Crippen LogP contribution in [0, 0.1) is 5.92 Å². The first kappa shape index (κ1) is 14.4. The van der Waals surface area contributed by atoms with Crippen LogP contribution in [0.1, 0.15) is 35.2 Å². The lowest BCUT2D eigenvalue weighted by Crippen LogP contribution is -2.40. The molecule has 19 heavy (non-hydrogen) atoms. The average molecular weight is 282 g/mol. The van der Waals surface area contributed by atoms with E-state index in [-0.39, 0.29) is 12.5 Å². The molecule has 2 rings (SSSR count). The Balaban J connectivity index is 2.01. The average Bonchev–Trinajstić information content (AvgIpc) is 2.47. The molecule has 1 aliphatic heterocycles. The topological polar surface area (TPSA) is 40.5 Å². The second-order valence-corrected chi connectivity index (χ2v) is 5.37. The molecule has 1 N–H and O–H groups in total. The van der Waals surface area contributed by atoms with Crippen LogP contribution in [0.3, 0.4) is 0 Å². The molecular formula is C15H20ClNO2. The minimum atomic E-state index is 0.0868. The summed E-state index contributed by atoms with van der Waals surface area (Å²) in [4.78, 5) is 14.3. The molecule has 0 saturated carbocycles. The second-order valence-electron chi connectivity index (χ2n) is 5.10. The van der Waals surface area contributed by atoms with Gasteiger partial charge in [0, 0.05) is 31.1 Å². The van der Waals surface area contributed by atoms with E-state index in [1.54, 1.807) is 0 Å². The lowest BCUT2D eigenvalue weighted by atomic mass is 9.94. The molecule has 1 saturated heterocycles. The van der Waals surface area contributed by atoms with Gasteiger partial charge < -0.3 is 10.0 Å². The highest BCUT2D eigenvalue weighted by Crippen LogP contribution is 2.21. The minimum Gasteiger partial charge on any atom is -0.396 e. The normalized spacial score (nSPS) is 19.5. The molecule has 1 aromatic rings. The summed E-state index contributed by atoms with van der Waals surface area (Å²) in [5.74, 6) is 0.991. The van der Waals surface area contributed by atoms with Gasteiger partial charge in [-0.05, 0) is 42.9 Å². The zero-order valence-electron chi connectivity index (χ0n) is 11.0. The number of amides is 1. The molecule has 104 valence electrons. The molecule has 0 spiro atoms. The van der Waals surface area contributed by atoms with Crippen molar-refractivity contribution in [2.45, 2.75) is 25.1 Å². The van der Waals surface area contributed by atoms with Crippen molar-refractivity contribution in [2.75, 3.05) is 19.7 Å². The van der Waals surface area contributed by atoms with Crippen molar-refractivity contribution in [2.24, 2.45) is 5.92 Å². The Labute approximate surface area is 119 Å². The SMILES string of the molecule is O=C(c1ccc(CCl)cc1)N1CCCC(CCO)C1. The molecule has 1 aromatic carbocycles. The Bertz CT molecular complexity index is 417. The number of rotatable bonds is 4. The van der Waals surface area contributed by atoms with Gasteiger partial charge in [-0.3, -0.25) is 4.79 Å². The maximum absolute atomic E-state index is 12.4. The Morgan fingerprint density at radius 2 is 2.11 bits per heavy atom. The van der Waals surface area contributed by atoms with Gasteiger partial charge in [-0.25, -0.2) is 0 Å². The van der Waals surface area contributed by atoms with Gasteiger partial charge in [-0.1, -0.05) is 12.1 Å². The van der Waals surface area contributed by atoms with Crippen LogP contribution >= 0.6 is 11.6 Å². The van der Waals surface area contributed by atoms with Gasteiger partial charge in [-0.15, -0.1) is 11.6 Å². The van der Waals surface area contributed by atoms with Crippen molar-refractivity contribution in [1.82, 2.24) is 4.90 Å². The first-order valence-corrected chi connectivity index (χ1v) is 7.33. The van der Waals surface area contributed by atoms with Gasteiger partial charge in [-0.2, -0.15) is 0 Å². The van der Waals surface area contributed by atoms with Crippen LogP contribution in [-0.4, -0.2) is 35.6 Å². The second kappa shape index (κ2) is 6.92. The van der Waals surface area contributed by atoms with E-state index in [1.807, 2.05) is 29.2 Å². The molecule has 1 unspecified atom stereocenters. The monoisotopic (exact) mass is 281 g/mol. The summed E-state index contributed by atoms with van der Waals surface area (Å²) in [5, 5.41) is 9.00. The fourth-order valence-electron chi connectivity index (χ4n) is 2.59. The van der Waals surface area contributed by atoms with E-state index in [0.29, 0.717) is 11.8 Å². The van der Waals surface area contributed by atoms with Gasteiger partial charge in [0.2, 0.25) is 0 Å². The lowest BCUT2D eigenvalue weighted by Gasteiger charge is -2.32. The van der Waals surface area contributed by atoms with Crippen molar-refractivity contribution in [3.05, 3.63) is 35.4 Å². The van der Waals surface area contributed by atoms with E-state index in [4.69, 9.17) is 16.7 Å². The number of carbonyl (C=O) groups is 1. The standard InChI is InChI=1S/C15H20ClNO2/c16-10-12-3-5-14(6-4-12)15(19)17-8-1-2-13(11-17)7-9-18/h3-6,13,18H,1-2,7-11H2. The van der Waals surface area contributed by atoms with Crippen LogP contribution < -0.4 is 0 Å². The third kappa shape index (κ3) is 3.71. The highest BCUT2D eigenvalue weighted by atomic mass is 35.5. The molecule has 1 amide bonds. The summed E-state index contributed by atoms with van der Waals surface area (Å²) in [6, 6.07) is 7.48. The van der Waals surface area contributed by atoms with Gasteiger partial charge in [0.1, 0.15) is 0 Å². The van der Waals surface area contributed by atoms with Gasteiger partial charge in [0.05, 0.1) is 0 Å². The Hall–Kier alpha value is -1.06. The largest absolute Gasteiger partial charge is 0.396 e. The van der Waals surface area contributed by atoms with Crippen molar-refractivity contribution in [3.8, 4) is 0 Å². The number of hydrogen-bond acceptors (Lipinski definition) is 2. The molecule has 4 heteroatoms. The fraction of sp³-hybridized carbons (Fsp3) is 0.533. The Kier molecular flexibility index (Phi) is 5.23. The molecule has 1 heterocycles. The van der Waals surface area contributed by atoms with Crippen LogP contribution in [0.2, 0.25) is 0 Å². The van der Waals surface area contributed by atoms with Crippen LogP contribution in [0.25, 0.3) is 0 Å². The third-order valence-corrected chi connectivity index (χ3v) is 4.01. The zero-order chi connectivity index (χ0) is 13.7. The molecule has 1 fully saturated rings. The molecule has 0 aliphatic carbocycles. The van der Waals surface area contributed by atoms with Crippen LogP contribution in [0.4, 0.5) is 0 Å². The van der Waals surface area contributed by atoms with Crippen molar-refractivity contribution in [1.29, 1.82) is 0 Å². The Morgan fingerprint density at radius 3 is 2.74 bits per heavy atom. The van der Waals surface area contributed by atoms with E-state index in [2.05, 4.69) is 0 Å². The molecule has 0 bridgehead atoms. The number of likely N-dealkylation sites (tertiary alicyclic amines) is 1. The van der Waals surface area contributed by atoms with Crippen LogP contribution in [0.5, 0.6) is 0 Å². The minimum absolute atomic E-state index is 0.0868. The number of piperidine rings is 1. The first-order valence-electron chi connectivity index (χ1n) is 6.79.